The Morgan fingerprint density at radius 1 is 1.07 bits per heavy atom. The number of carbonyl (C=O) groups excluding carboxylic acids is 2. The summed E-state index contributed by atoms with van der Waals surface area (Å²) in [5.41, 5.74) is 0.283. The number of anilines is 1. The molecule has 1 aliphatic carbocycles. The molecule has 0 radical (unpaired) electrons. The second-order valence-electron chi connectivity index (χ2n) is 6.49. The van der Waals surface area contributed by atoms with E-state index >= 15 is 0 Å². The maximum absolute atomic E-state index is 12.8. The first kappa shape index (κ1) is 19.5. The molecule has 1 fully saturated rings. The van der Waals surface area contributed by atoms with E-state index in [4.69, 9.17) is 14.2 Å². The van der Waals surface area contributed by atoms with Crippen molar-refractivity contribution in [2.45, 2.75) is 19.4 Å². The summed E-state index contributed by atoms with van der Waals surface area (Å²) in [6.07, 6.45) is 4.35. The average molecular weight is 385 g/mol. The van der Waals surface area contributed by atoms with Gasteiger partial charge >= 0.3 is 0 Å². The lowest BCUT2D eigenvalue weighted by Gasteiger charge is -2.18. The average Bonchev–Trinajstić information content (AvgIpc) is 3.54. The van der Waals surface area contributed by atoms with Gasteiger partial charge in [0, 0.05) is 36.8 Å². The maximum Gasteiger partial charge on any atom is 0.240 e. The van der Waals surface area contributed by atoms with Crippen LogP contribution in [0, 0.1) is 5.41 Å². The number of carbonyl (C=O) groups is 2. The van der Waals surface area contributed by atoms with Crippen molar-refractivity contribution in [3.8, 4) is 17.2 Å². The van der Waals surface area contributed by atoms with Crippen LogP contribution >= 0.6 is 0 Å². The van der Waals surface area contributed by atoms with Crippen LogP contribution in [0.25, 0.3) is 0 Å². The summed E-state index contributed by atoms with van der Waals surface area (Å²) < 4.78 is 15.9. The van der Waals surface area contributed by atoms with E-state index < -0.39 is 5.41 Å². The van der Waals surface area contributed by atoms with E-state index in [9.17, 15) is 9.59 Å². The zero-order valence-corrected chi connectivity index (χ0v) is 16.1. The van der Waals surface area contributed by atoms with Crippen LogP contribution in [0.4, 0.5) is 5.69 Å². The number of nitrogens with zero attached hydrogens (tertiary/aromatic N) is 1. The van der Waals surface area contributed by atoms with E-state index in [1.54, 1.807) is 30.6 Å². The molecular weight excluding hydrogens is 362 g/mol. The van der Waals surface area contributed by atoms with Crippen molar-refractivity contribution in [3.63, 3.8) is 0 Å². The Kier molecular flexibility index (Phi) is 5.67. The lowest BCUT2D eigenvalue weighted by Crippen LogP contribution is -2.39. The monoisotopic (exact) mass is 385 g/mol. The Morgan fingerprint density at radius 2 is 1.75 bits per heavy atom. The highest BCUT2D eigenvalue weighted by Crippen LogP contribution is 2.47. The Morgan fingerprint density at radius 3 is 2.25 bits per heavy atom. The molecule has 8 nitrogen and oxygen atoms in total. The fourth-order valence-corrected chi connectivity index (χ4v) is 2.94. The molecule has 1 heterocycles. The number of hydrogen-bond acceptors (Lipinski definition) is 6. The summed E-state index contributed by atoms with van der Waals surface area (Å²) in [5, 5.41) is 5.62. The van der Waals surface area contributed by atoms with Gasteiger partial charge in [-0.3, -0.25) is 14.6 Å². The number of hydrogen-bond donors (Lipinski definition) is 2. The second kappa shape index (κ2) is 8.16. The fraction of sp³-hybridized carbons (Fsp3) is 0.350. The van der Waals surface area contributed by atoms with Crippen molar-refractivity contribution in [1.82, 2.24) is 10.3 Å². The third-order valence-corrected chi connectivity index (χ3v) is 4.72. The van der Waals surface area contributed by atoms with Gasteiger partial charge in [0.25, 0.3) is 0 Å². The van der Waals surface area contributed by atoms with Crippen molar-refractivity contribution in [3.05, 3.63) is 42.2 Å². The Bertz CT molecular complexity index is 840. The summed E-state index contributed by atoms with van der Waals surface area (Å²) in [5.74, 6) is 0.621. The number of methoxy groups -OCH3 is 3. The molecule has 0 spiro atoms. The van der Waals surface area contributed by atoms with Crippen LogP contribution in [-0.4, -0.2) is 38.1 Å². The molecule has 0 atom stereocenters. The lowest BCUT2D eigenvalue weighted by molar-refractivity contribution is -0.134. The third-order valence-electron chi connectivity index (χ3n) is 4.72. The van der Waals surface area contributed by atoms with E-state index in [2.05, 4.69) is 15.6 Å². The predicted octanol–water partition coefficient (Wildman–Crippen LogP) is 2.14. The molecular formula is C20H23N3O5. The molecule has 0 unspecified atom stereocenters. The molecule has 2 amide bonds. The zero-order chi connectivity index (χ0) is 20.1. The van der Waals surface area contributed by atoms with Crippen molar-refractivity contribution < 1.29 is 23.8 Å². The van der Waals surface area contributed by atoms with Crippen LogP contribution in [-0.2, 0) is 16.1 Å². The largest absolute Gasteiger partial charge is 0.493 e. The van der Waals surface area contributed by atoms with Crippen LogP contribution < -0.4 is 24.8 Å². The van der Waals surface area contributed by atoms with Gasteiger partial charge in [-0.1, -0.05) is 6.07 Å². The minimum atomic E-state index is -1.05. The fourth-order valence-electron chi connectivity index (χ4n) is 2.94. The van der Waals surface area contributed by atoms with E-state index in [0.717, 1.165) is 5.56 Å². The Labute approximate surface area is 163 Å². The number of ether oxygens (including phenoxy) is 3. The number of benzene rings is 1. The summed E-state index contributed by atoms with van der Waals surface area (Å²) in [6.45, 7) is 0.325. The van der Waals surface area contributed by atoms with Crippen molar-refractivity contribution in [1.29, 1.82) is 0 Å². The SMILES string of the molecule is COc1cc(NC(=O)C2(C(=O)NCc3cccnc3)CC2)cc(OC)c1OC. The summed E-state index contributed by atoms with van der Waals surface area (Å²) in [4.78, 5) is 29.4. The van der Waals surface area contributed by atoms with Crippen LogP contribution in [0.1, 0.15) is 18.4 Å². The smallest absolute Gasteiger partial charge is 0.240 e. The number of amides is 2. The molecule has 8 heteroatoms. The first-order valence-corrected chi connectivity index (χ1v) is 8.82. The molecule has 1 aromatic heterocycles. The molecule has 1 aliphatic rings. The van der Waals surface area contributed by atoms with Gasteiger partial charge in [0.2, 0.25) is 17.6 Å². The third kappa shape index (κ3) is 3.85. The highest BCUT2D eigenvalue weighted by Gasteiger charge is 2.56. The zero-order valence-electron chi connectivity index (χ0n) is 16.1. The summed E-state index contributed by atoms with van der Waals surface area (Å²) >= 11 is 0. The Hall–Kier alpha value is -3.29. The normalized spacial score (nSPS) is 14.0. The highest BCUT2D eigenvalue weighted by atomic mass is 16.5. The molecule has 2 aromatic rings. The van der Waals surface area contributed by atoms with Crippen molar-refractivity contribution in [2.24, 2.45) is 5.41 Å². The van der Waals surface area contributed by atoms with E-state index in [-0.39, 0.29) is 11.8 Å². The summed E-state index contributed by atoms with van der Waals surface area (Å²) in [6, 6.07) is 6.92. The van der Waals surface area contributed by atoms with Crippen molar-refractivity contribution in [2.75, 3.05) is 26.6 Å². The van der Waals surface area contributed by atoms with Gasteiger partial charge in [-0.25, -0.2) is 0 Å². The molecule has 0 saturated heterocycles. The topological polar surface area (TPSA) is 98.8 Å². The van der Waals surface area contributed by atoms with E-state index in [1.165, 1.54) is 21.3 Å². The molecule has 0 bridgehead atoms. The van der Waals surface area contributed by atoms with E-state index in [1.807, 2.05) is 6.07 Å². The molecule has 148 valence electrons. The number of nitrogens with one attached hydrogen (secondary N) is 2. The lowest BCUT2D eigenvalue weighted by atomic mass is 10.0. The Balaban J connectivity index is 1.71. The van der Waals surface area contributed by atoms with Gasteiger partial charge < -0.3 is 24.8 Å². The molecule has 2 N–H and O–H groups in total. The van der Waals surface area contributed by atoms with Crippen molar-refractivity contribution >= 4 is 17.5 Å². The molecule has 1 aromatic carbocycles. The predicted molar refractivity (Wildman–Crippen MR) is 102 cm³/mol. The molecule has 3 rings (SSSR count). The standard InChI is InChI=1S/C20H23N3O5/c1-26-15-9-14(10-16(27-2)17(15)28-3)23-19(25)20(6-7-20)18(24)22-12-13-5-4-8-21-11-13/h4-5,8-11H,6-7,12H2,1-3H3,(H,22,24)(H,23,25). The van der Waals surface area contributed by atoms with Crippen LogP contribution in [0.2, 0.25) is 0 Å². The molecule has 28 heavy (non-hydrogen) atoms. The van der Waals surface area contributed by atoms with Gasteiger partial charge in [-0.15, -0.1) is 0 Å². The quantitative estimate of drug-likeness (QED) is 0.676. The highest BCUT2D eigenvalue weighted by molar-refractivity contribution is 6.13. The molecule has 0 aliphatic heterocycles. The van der Waals surface area contributed by atoms with Gasteiger partial charge in [-0.2, -0.15) is 0 Å². The number of pyridine rings is 1. The second-order valence-corrected chi connectivity index (χ2v) is 6.49. The number of aromatic nitrogens is 1. The van der Waals surface area contributed by atoms with E-state index in [0.29, 0.717) is 42.3 Å². The van der Waals surface area contributed by atoms with Gasteiger partial charge in [0.05, 0.1) is 21.3 Å². The maximum atomic E-state index is 12.8. The first-order valence-electron chi connectivity index (χ1n) is 8.82. The summed E-state index contributed by atoms with van der Waals surface area (Å²) in [7, 11) is 4.50. The number of rotatable bonds is 8. The molecule has 1 saturated carbocycles. The van der Waals surface area contributed by atoms with Gasteiger partial charge in [0.1, 0.15) is 5.41 Å². The van der Waals surface area contributed by atoms with Gasteiger partial charge in [0.15, 0.2) is 11.5 Å². The van der Waals surface area contributed by atoms with Crippen LogP contribution in [0.3, 0.4) is 0 Å². The minimum absolute atomic E-state index is 0.290. The van der Waals surface area contributed by atoms with Gasteiger partial charge in [-0.05, 0) is 24.5 Å². The first-order chi connectivity index (χ1) is 13.5. The van der Waals surface area contributed by atoms with Crippen LogP contribution in [0.15, 0.2) is 36.7 Å². The minimum Gasteiger partial charge on any atom is -0.493 e. The van der Waals surface area contributed by atoms with Crippen LogP contribution in [0.5, 0.6) is 17.2 Å².